The van der Waals surface area contributed by atoms with Gasteiger partial charge in [-0.25, -0.2) is 0 Å². The zero-order valence-corrected chi connectivity index (χ0v) is 11.6. The van der Waals surface area contributed by atoms with Crippen LogP contribution in [-0.2, 0) is 4.43 Å². The van der Waals surface area contributed by atoms with Gasteiger partial charge in [0.25, 0.3) is 0 Å². The first-order chi connectivity index (χ1) is 7.58. The Morgan fingerprint density at radius 1 is 1.25 bits per heavy atom. The van der Waals surface area contributed by atoms with Crippen LogP contribution in [0.4, 0.5) is 0 Å². The summed E-state index contributed by atoms with van der Waals surface area (Å²) >= 11 is 0. The third-order valence-electron chi connectivity index (χ3n) is 3.70. The first kappa shape index (κ1) is 11.9. The number of rotatable bonds is 2. The van der Waals surface area contributed by atoms with Crippen molar-refractivity contribution < 1.29 is 4.43 Å². The molecule has 0 bridgehead atoms. The van der Waals surface area contributed by atoms with E-state index in [1.807, 2.05) is 0 Å². The summed E-state index contributed by atoms with van der Waals surface area (Å²) in [4.78, 5) is 0. The zero-order valence-electron chi connectivity index (χ0n) is 10.6. The summed E-state index contributed by atoms with van der Waals surface area (Å²) in [6.07, 6.45) is 2.52. The van der Waals surface area contributed by atoms with Crippen molar-refractivity contribution in [3.05, 3.63) is 30.3 Å². The van der Waals surface area contributed by atoms with Crippen LogP contribution in [0.5, 0.6) is 0 Å². The molecular weight excluding hydrogens is 212 g/mol. The zero-order chi connectivity index (χ0) is 11.6. The SMILES string of the molecule is CC[Si]1(c2ccccc2)CCCC(C)(C)O1. The average Bonchev–Trinajstić information content (AvgIpc) is 2.29. The van der Waals surface area contributed by atoms with Crippen LogP contribution >= 0.6 is 0 Å². The Hall–Kier alpha value is -0.603. The monoisotopic (exact) mass is 234 g/mol. The normalized spacial score (nSPS) is 28.9. The fourth-order valence-electron chi connectivity index (χ4n) is 2.83. The van der Waals surface area contributed by atoms with Gasteiger partial charge in [0.1, 0.15) is 0 Å². The maximum absolute atomic E-state index is 6.54. The maximum Gasteiger partial charge on any atom is 0.224 e. The van der Waals surface area contributed by atoms with Crippen molar-refractivity contribution in [2.45, 2.75) is 51.3 Å². The molecule has 1 saturated heterocycles. The fourth-order valence-corrected chi connectivity index (χ4v) is 6.95. The molecule has 16 heavy (non-hydrogen) atoms. The molecular formula is C14H22OSi. The highest BCUT2D eigenvalue weighted by atomic mass is 28.4. The Morgan fingerprint density at radius 2 is 1.94 bits per heavy atom. The molecule has 1 aliphatic heterocycles. The summed E-state index contributed by atoms with van der Waals surface area (Å²) in [5.41, 5.74) is 0.0797. The largest absolute Gasteiger partial charge is 0.407 e. The van der Waals surface area contributed by atoms with E-state index in [0.717, 1.165) is 0 Å². The van der Waals surface area contributed by atoms with Crippen LogP contribution in [0.3, 0.4) is 0 Å². The van der Waals surface area contributed by atoms with Gasteiger partial charge in [-0.3, -0.25) is 0 Å². The minimum absolute atomic E-state index is 0.0797. The van der Waals surface area contributed by atoms with Crippen molar-refractivity contribution in [2.75, 3.05) is 0 Å². The lowest BCUT2D eigenvalue weighted by atomic mass is 10.0. The molecule has 0 radical (unpaired) electrons. The van der Waals surface area contributed by atoms with Gasteiger partial charge in [0.05, 0.1) is 5.60 Å². The van der Waals surface area contributed by atoms with Crippen LogP contribution in [0.25, 0.3) is 0 Å². The molecule has 1 aromatic carbocycles. The van der Waals surface area contributed by atoms with Gasteiger partial charge in [-0.2, -0.15) is 0 Å². The Bertz CT molecular complexity index is 347. The quantitative estimate of drug-likeness (QED) is 0.712. The van der Waals surface area contributed by atoms with Gasteiger partial charge in [-0.15, -0.1) is 0 Å². The average molecular weight is 234 g/mol. The molecule has 0 saturated carbocycles. The van der Waals surface area contributed by atoms with E-state index in [9.17, 15) is 0 Å². The Balaban J connectivity index is 2.33. The van der Waals surface area contributed by atoms with Gasteiger partial charge in [0.2, 0.25) is 8.32 Å². The molecule has 1 unspecified atom stereocenters. The minimum atomic E-state index is -1.67. The second-order valence-electron chi connectivity index (χ2n) is 5.43. The maximum atomic E-state index is 6.54. The van der Waals surface area contributed by atoms with E-state index < -0.39 is 8.32 Å². The highest BCUT2D eigenvalue weighted by Crippen LogP contribution is 2.34. The number of benzene rings is 1. The summed E-state index contributed by atoms with van der Waals surface area (Å²) in [6, 6.07) is 13.4. The van der Waals surface area contributed by atoms with Gasteiger partial charge in [-0.1, -0.05) is 43.7 Å². The molecule has 1 aliphatic rings. The van der Waals surface area contributed by atoms with E-state index in [0.29, 0.717) is 0 Å². The smallest absolute Gasteiger partial charge is 0.224 e. The Kier molecular flexibility index (Phi) is 3.22. The van der Waals surface area contributed by atoms with Gasteiger partial charge < -0.3 is 4.43 Å². The molecule has 0 spiro atoms. The molecule has 0 amide bonds. The summed E-state index contributed by atoms with van der Waals surface area (Å²) < 4.78 is 6.54. The second-order valence-corrected chi connectivity index (χ2v) is 9.41. The molecule has 1 aromatic rings. The predicted molar refractivity (Wildman–Crippen MR) is 71.5 cm³/mol. The first-order valence-corrected chi connectivity index (χ1v) is 8.66. The standard InChI is InChI=1S/C14H22OSi/c1-4-16(13-9-6-5-7-10-13)12-8-11-14(2,3)15-16/h5-7,9-10H,4,8,11-12H2,1-3H3. The van der Waals surface area contributed by atoms with Crippen molar-refractivity contribution in [3.8, 4) is 0 Å². The Labute approximate surface area is 100.0 Å². The molecule has 2 heteroatoms. The van der Waals surface area contributed by atoms with E-state index in [4.69, 9.17) is 4.43 Å². The van der Waals surface area contributed by atoms with E-state index in [-0.39, 0.29) is 5.60 Å². The Morgan fingerprint density at radius 3 is 2.50 bits per heavy atom. The lowest BCUT2D eigenvalue weighted by molar-refractivity contribution is 0.0730. The highest BCUT2D eigenvalue weighted by molar-refractivity contribution is 6.86. The minimum Gasteiger partial charge on any atom is -0.407 e. The highest BCUT2D eigenvalue weighted by Gasteiger charge is 2.43. The molecule has 0 aromatic heterocycles. The van der Waals surface area contributed by atoms with Crippen LogP contribution in [0.2, 0.25) is 12.1 Å². The molecule has 88 valence electrons. The summed E-state index contributed by atoms with van der Waals surface area (Å²) in [5, 5.41) is 1.48. The molecule has 1 nitrogen and oxygen atoms in total. The summed E-state index contributed by atoms with van der Waals surface area (Å²) in [5.74, 6) is 0. The molecule has 1 atom stereocenters. The molecule has 1 heterocycles. The lowest BCUT2D eigenvalue weighted by Gasteiger charge is -2.44. The van der Waals surface area contributed by atoms with Crippen molar-refractivity contribution in [3.63, 3.8) is 0 Å². The van der Waals surface area contributed by atoms with Crippen molar-refractivity contribution >= 4 is 13.5 Å². The molecule has 0 aliphatic carbocycles. The molecule has 2 rings (SSSR count). The second kappa shape index (κ2) is 4.34. The van der Waals surface area contributed by atoms with E-state index in [2.05, 4.69) is 51.1 Å². The molecule has 1 fully saturated rings. The van der Waals surface area contributed by atoms with Crippen LogP contribution in [0.1, 0.15) is 33.6 Å². The van der Waals surface area contributed by atoms with Gasteiger partial charge >= 0.3 is 0 Å². The van der Waals surface area contributed by atoms with Crippen LogP contribution in [0, 0.1) is 0 Å². The topological polar surface area (TPSA) is 9.23 Å². The van der Waals surface area contributed by atoms with E-state index in [1.54, 1.807) is 0 Å². The van der Waals surface area contributed by atoms with Crippen LogP contribution < -0.4 is 5.19 Å². The lowest BCUT2D eigenvalue weighted by Crippen LogP contribution is -2.57. The summed E-state index contributed by atoms with van der Waals surface area (Å²) in [6.45, 7) is 6.78. The van der Waals surface area contributed by atoms with E-state index >= 15 is 0 Å². The fraction of sp³-hybridized carbons (Fsp3) is 0.571. The van der Waals surface area contributed by atoms with Crippen LogP contribution in [-0.4, -0.2) is 13.9 Å². The van der Waals surface area contributed by atoms with Crippen molar-refractivity contribution in [1.29, 1.82) is 0 Å². The van der Waals surface area contributed by atoms with Crippen molar-refractivity contribution in [1.82, 2.24) is 0 Å². The predicted octanol–water partition coefficient (Wildman–Crippen LogP) is 3.45. The van der Waals surface area contributed by atoms with E-state index in [1.165, 1.54) is 30.1 Å². The van der Waals surface area contributed by atoms with Crippen LogP contribution in [0.15, 0.2) is 30.3 Å². The van der Waals surface area contributed by atoms with Gasteiger partial charge in [0.15, 0.2) is 0 Å². The van der Waals surface area contributed by atoms with Gasteiger partial charge in [0, 0.05) is 0 Å². The molecule has 0 N–H and O–H groups in total. The number of hydrogen-bond acceptors (Lipinski definition) is 1. The van der Waals surface area contributed by atoms with Gasteiger partial charge in [-0.05, 0) is 37.5 Å². The summed E-state index contributed by atoms with van der Waals surface area (Å²) in [7, 11) is -1.67. The van der Waals surface area contributed by atoms with Crippen molar-refractivity contribution in [2.24, 2.45) is 0 Å². The third kappa shape index (κ3) is 2.23. The third-order valence-corrected chi connectivity index (χ3v) is 8.33. The number of hydrogen-bond donors (Lipinski definition) is 0. The first-order valence-electron chi connectivity index (χ1n) is 6.34.